The van der Waals surface area contributed by atoms with E-state index in [1.54, 1.807) is 0 Å². The fraction of sp³-hybridized carbons (Fsp3) is 0.250. The molecule has 0 saturated carbocycles. The molecule has 0 amide bonds. The Balaban J connectivity index is 2.91. The van der Waals surface area contributed by atoms with Gasteiger partial charge < -0.3 is 9.57 Å². The summed E-state index contributed by atoms with van der Waals surface area (Å²) in [7, 11) is 1.52. The van der Waals surface area contributed by atoms with Crippen molar-refractivity contribution in [3.63, 3.8) is 0 Å². The summed E-state index contributed by atoms with van der Waals surface area (Å²) in [6.45, 7) is 6.02. The zero-order valence-electron chi connectivity index (χ0n) is 9.37. The molecular weight excluding hydrogens is 270 g/mol. The molecular formula is C12H14BrNO2. The van der Waals surface area contributed by atoms with Gasteiger partial charge in [0.25, 0.3) is 0 Å². The summed E-state index contributed by atoms with van der Waals surface area (Å²) in [5.74, 6) is 0.765. The van der Waals surface area contributed by atoms with Crippen LogP contribution in [-0.4, -0.2) is 19.4 Å². The van der Waals surface area contributed by atoms with E-state index in [9.17, 15) is 0 Å². The summed E-state index contributed by atoms with van der Waals surface area (Å²) in [5, 5.41) is 3.89. The highest BCUT2D eigenvalue weighted by Gasteiger charge is 2.06. The predicted molar refractivity (Wildman–Crippen MR) is 69.2 cm³/mol. The van der Waals surface area contributed by atoms with Gasteiger partial charge in [0.15, 0.2) is 0 Å². The molecule has 0 atom stereocenters. The lowest BCUT2D eigenvalue weighted by Crippen LogP contribution is -2.03. The van der Waals surface area contributed by atoms with E-state index < -0.39 is 0 Å². The van der Waals surface area contributed by atoms with Crippen molar-refractivity contribution in [1.29, 1.82) is 0 Å². The highest BCUT2D eigenvalue weighted by Crippen LogP contribution is 2.20. The first kappa shape index (κ1) is 12.8. The van der Waals surface area contributed by atoms with Crippen molar-refractivity contribution in [3.8, 4) is 5.75 Å². The standard InChI is InChI=1S/C12H14BrNO2/c1-9(13)8-16-12-7-5-4-6-11(12)10(2)14-15-3/h4-7H,1,8H2,2-3H3/b14-10+. The molecule has 1 aromatic carbocycles. The summed E-state index contributed by atoms with van der Waals surface area (Å²) < 4.78 is 6.38. The Labute approximate surface area is 104 Å². The lowest BCUT2D eigenvalue weighted by atomic mass is 10.1. The lowest BCUT2D eigenvalue weighted by Gasteiger charge is -2.10. The predicted octanol–water partition coefficient (Wildman–Crippen LogP) is 3.34. The number of oxime groups is 1. The quantitative estimate of drug-likeness (QED) is 0.613. The fourth-order valence-corrected chi connectivity index (χ4v) is 1.35. The normalized spacial score (nSPS) is 11.1. The Kier molecular flexibility index (Phi) is 5.05. The highest BCUT2D eigenvalue weighted by atomic mass is 79.9. The minimum absolute atomic E-state index is 0.428. The van der Waals surface area contributed by atoms with Crippen LogP contribution in [0.4, 0.5) is 0 Å². The summed E-state index contributed by atoms with van der Waals surface area (Å²) in [5.41, 5.74) is 1.69. The summed E-state index contributed by atoms with van der Waals surface area (Å²) in [6, 6.07) is 7.67. The summed E-state index contributed by atoms with van der Waals surface area (Å²) in [4.78, 5) is 4.74. The van der Waals surface area contributed by atoms with Gasteiger partial charge in [0.2, 0.25) is 0 Å². The number of ether oxygens (including phenoxy) is 1. The SMILES string of the molecule is C=C(Br)COc1ccccc1/C(C)=N/OC. The molecule has 0 N–H and O–H groups in total. The third kappa shape index (κ3) is 3.70. The monoisotopic (exact) mass is 283 g/mol. The summed E-state index contributed by atoms with van der Waals surface area (Å²) in [6.07, 6.45) is 0. The average molecular weight is 284 g/mol. The Morgan fingerprint density at radius 2 is 2.12 bits per heavy atom. The van der Waals surface area contributed by atoms with Gasteiger partial charge >= 0.3 is 0 Å². The van der Waals surface area contributed by atoms with E-state index in [0.717, 1.165) is 21.5 Å². The van der Waals surface area contributed by atoms with Gasteiger partial charge in [0.1, 0.15) is 19.5 Å². The molecule has 0 bridgehead atoms. The molecule has 0 spiro atoms. The van der Waals surface area contributed by atoms with E-state index in [-0.39, 0.29) is 0 Å². The third-order valence-corrected chi connectivity index (χ3v) is 2.12. The number of rotatable bonds is 5. The first-order valence-corrected chi connectivity index (χ1v) is 5.57. The van der Waals surface area contributed by atoms with E-state index in [2.05, 4.69) is 27.7 Å². The average Bonchev–Trinajstić information content (AvgIpc) is 2.27. The Hall–Kier alpha value is -1.29. The maximum absolute atomic E-state index is 5.58. The Morgan fingerprint density at radius 3 is 2.75 bits per heavy atom. The molecule has 16 heavy (non-hydrogen) atoms. The lowest BCUT2D eigenvalue weighted by molar-refractivity contribution is 0.213. The molecule has 0 fully saturated rings. The highest BCUT2D eigenvalue weighted by molar-refractivity contribution is 9.11. The maximum Gasteiger partial charge on any atom is 0.129 e. The zero-order chi connectivity index (χ0) is 12.0. The number of halogens is 1. The van der Waals surface area contributed by atoms with Crippen molar-refractivity contribution in [2.24, 2.45) is 5.16 Å². The van der Waals surface area contributed by atoms with Gasteiger partial charge in [-0.05, 0) is 19.1 Å². The molecule has 3 nitrogen and oxygen atoms in total. The van der Waals surface area contributed by atoms with Gasteiger partial charge in [-0.3, -0.25) is 0 Å². The van der Waals surface area contributed by atoms with Crippen molar-refractivity contribution in [3.05, 3.63) is 40.9 Å². The smallest absolute Gasteiger partial charge is 0.129 e. The molecule has 0 saturated heterocycles. The van der Waals surface area contributed by atoms with Crippen LogP contribution in [0.2, 0.25) is 0 Å². The minimum Gasteiger partial charge on any atom is -0.488 e. The second-order valence-electron chi connectivity index (χ2n) is 3.16. The van der Waals surface area contributed by atoms with E-state index in [1.165, 1.54) is 7.11 Å². The van der Waals surface area contributed by atoms with Crippen LogP contribution >= 0.6 is 15.9 Å². The minimum atomic E-state index is 0.428. The van der Waals surface area contributed by atoms with Gasteiger partial charge in [0.05, 0.1) is 5.71 Å². The van der Waals surface area contributed by atoms with Crippen LogP contribution in [0.25, 0.3) is 0 Å². The molecule has 0 aliphatic heterocycles. The van der Waals surface area contributed by atoms with Gasteiger partial charge in [-0.1, -0.05) is 39.8 Å². The molecule has 0 aliphatic rings. The number of hydrogen-bond donors (Lipinski definition) is 0. The van der Waals surface area contributed by atoms with Crippen LogP contribution in [0.5, 0.6) is 5.75 Å². The van der Waals surface area contributed by atoms with Gasteiger partial charge in [-0.25, -0.2) is 0 Å². The molecule has 0 aliphatic carbocycles. The largest absolute Gasteiger partial charge is 0.488 e. The van der Waals surface area contributed by atoms with Crippen LogP contribution < -0.4 is 4.74 Å². The summed E-state index contributed by atoms with van der Waals surface area (Å²) >= 11 is 3.25. The van der Waals surface area contributed by atoms with E-state index in [0.29, 0.717) is 6.61 Å². The number of nitrogens with zero attached hydrogens (tertiary/aromatic N) is 1. The number of hydrogen-bond acceptors (Lipinski definition) is 3. The van der Waals surface area contributed by atoms with Crippen LogP contribution in [0.3, 0.4) is 0 Å². The molecule has 1 rings (SSSR count). The van der Waals surface area contributed by atoms with Crippen molar-refractivity contribution in [1.82, 2.24) is 0 Å². The van der Waals surface area contributed by atoms with Gasteiger partial charge in [-0.15, -0.1) is 0 Å². The second-order valence-corrected chi connectivity index (χ2v) is 4.28. The molecule has 0 heterocycles. The molecule has 1 aromatic rings. The molecule has 4 heteroatoms. The molecule has 0 unspecified atom stereocenters. The van der Waals surface area contributed by atoms with Crippen molar-refractivity contribution >= 4 is 21.6 Å². The molecule has 86 valence electrons. The number of benzene rings is 1. The van der Waals surface area contributed by atoms with E-state index in [1.807, 2.05) is 31.2 Å². The number of para-hydroxylation sites is 1. The van der Waals surface area contributed by atoms with Crippen molar-refractivity contribution in [2.75, 3.05) is 13.7 Å². The zero-order valence-corrected chi connectivity index (χ0v) is 11.0. The van der Waals surface area contributed by atoms with Crippen LogP contribution in [0.15, 0.2) is 40.5 Å². The van der Waals surface area contributed by atoms with Gasteiger partial charge in [0, 0.05) is 10.0 Å². The van der Waals surface area contributed by atoms with Crippen molar-refractivity contribution in [2.45, 2.75) is 6.92 Å². The Bertz CT molecular complexity index is 402. The van der Waals surface area contributed by atoms with Crippen LogP contribution in [0, 0.1) is 0 Å². The third-order valence-electron chi connectivity index (χ3n) is 1.89. The molecule has 0 aromatic heterocycles. The van der Waals surface area contributed by atoms with Crippen molar-refractivity contribution < 1.29 is 9.57 Å². The maximum atomic E-state index is 5.58. The first-order valence-electron chi connectivity index (χ1n) is 4.78. The van der Waals surface area contributed by atoms with Gasteiger partial charge in [-0.2, -0.15) is 0 Å². The van der Waals surface area contributed by atoms with E-state index >= 15 is 0 Å². The molecule has 0 radical (unpaired) electrons. The Morgan fingerprint density at radius 1 is 1.44 bits per heavy atom. The van der Waals surface area contributed by atoms with Crippen LogP contribution in [0.1, 0.15) is 12.5 Å². The fourth-order valence-electron chi connectivity index (χ4n) is 1.23. The second kappa shape index (κ2) is 6.33. The van der Waals surface area contributed by atoms with Crippen LogP contribution in [-0.2, 0) is 4.84 Å². The topological polar surface area (TPSA) is 30.8 Å². The van der Waals surface area contributed by atoms with E-state index in [4.69, 9.17) is 9.57 Å². The first-order chi connectivity index (χ1) is 7.65.